The van der Waals surface area contributed by atoms with Gasteiger partial charge < -0.3 is 4.74 Å². The summed E-state index contributed by atoms with van der Waals surface area (Å²) in [5.74, 6) is -0.973. The normalized spacial score (nSPS) is 10.9. The second-order valence-corrected chi connectivity index (χ2v) is 4.67. The van der Waals surface area contributed by atoms with E-state index in [9.17, 15) is 18.0 Å². The van der Waals surface area contributed by atoms with Gasteiger partial charge in [0.05, 0.1) is 18.2 Å². The monoisotopic (exact) mass is 309 g/mol. The highest BCUT2D eigenvalue weighted by molar-refractivity contribution is 8.00. The molecule has 0 bridgehead atoms. The van der Waals surface area contributed by atoms with Gasteiger partial charge in [0.2, 0.25) is 0 Å². The first-order valence-corrected chi connectivity index (χ1v) is 6.14. The molecule has 0 aliphatic rings. The Bertz CT molecular complexity index is 540. The molecule has 0 aromatic heterocycles. The zero-order valence-corrected chi connectivity index (χ0v) is 11.1. The number of thioether (sulfide) groups is 1. The zero-order valence-electron chi connectivity index (χ0n) is 9.55. The molecule has 102 valence electrons. The van der Waals surface area contributed by atoms with Crippen molar-refractivity contribution in [1.29, 1.82) is 5.26 Å². The first-order valence-electron chi connectivity index (χ1n) is 4.79. The first kappa shape index (κ1) is 15.7. The fraction of sp³-hybridized carbons (Fsp3) is 0.273. The number of nitriles is 1. The Kier molecular flexibility index (Phi) is 5.09. The standard InChI is InChI=1S/C11H7ClF3NO2S/c1-18-10(17)6-2-7(4-12)8(5-16)9(3-6)19-11(13,14)15/h2-3H,4H2,1H3. The van der Waals surface area contributed by atoms with Gasteiger partial charge in [-0.05, 0) is 29.5 Å². The Morgan fingerprint density at radius 2 is 2.16 bits per heavy atom. The molecule has 1 rings (SSSR count). The van der Waals surface area contributed by atoms with Gasteiger partial charge in [-0.15, -0.1) is 11.6 Å². The number of hydrogen-bond donors (Lipinski definition) is 0. The van der Waals surface area contributed by atoms with Crippen molar-refractivity contribution in [2.24, 2.45) is 0 Å². The molecule has 0 amide bonds. The zero-order chi connectivity index (χ0) is 14.6. The van der Waals surface area contributed by atoms with E-state index in [1.807, 2.05) is 0 Å². The molecular formula is C11H7ClF3NO2S. The average Bonchev–Trinajstić information content (AvgIpc) is 2.34. The van der Waals surface area contributed by atoms with Crippen molar-refractivity contribution in [3.05, 3.63) is 28.8 Å². The van der Waals surface area contributed by atoms with E-state index in [4.69, 9.17) is 16.9 Å². The van der Waals surface area contributed by atoms with Crippen molar-refractivity contribution in [2.75, 3.05) is 7.11 Å². The van der Waals surface area contributed by atoms with Crippen LogP contribution in [0, 0.1) is 11.3 Å². The molecule has 0 aliphatic carbocycles. The van der Waals surface area contributed by atoms with E-state index >= 15 is 0 Å². The minimum atomic E-state index is -4.57. The fourth-order valence-corrected chi connectivity index (χ4v) is 2.27. The summed E-state index contributed by atoms with van der Waals surface area (Å²) in [5, 5.41) is 8.91. The van der Waals surface area contributed by atoms with Crippen LogP contribution in [0.2, 0.25) is 0 Å². The van der Waals surface area contributed by atoms with Gasteiger partial charge in [0.25, 0.3) is 0 Å². The highest BCUT2D eigenvalue weighted by Crippen LogP contribution is 2.40. The van der Waals surface area contributed by atoms with Crippen molar-refractivity contribution >= 4 is 29.3 Å². The molecular weight excluding hydrogens is 303 g/mol. The molecule has 0 radical (unpaired) electrons. The number of halogens is 4. The molecule has 0 aliphatic heterocycles. The maximum absolute atomic E-state index is 12.4. The van der Waals surface area contributed by atoms with Gasteiger partial charge >= 0.3 is 11.5 Å². The van der Waals surface area contributed by atoms with Crippen molar-refractivity contribution in [3.8, 4) is 6.07 Å². The van der Waals surface area contributed by atoms with Gasteiger partial charge in [0, 0.05) is 10.8 Å². The van der Waals surface area contributed by atoms with Crippen molar-refractivity contribution in [2.45, 2.75) is 16.3 Å². The number of carbonyl (C=O) groups is 1. The lowest BCUT2D eigenvalue weighted by Gasteiger charge is -2.11. The highest BCUT2D eigenvalue weighted by Gasteiger charge is 2.31. The first-order chi connectivity index (χ1) is 8.82. The van der Waals surface area contributed by atoms with E-state index in [0.29, 0.717) is 0 Å². The van der Waals surface area contributed by atoms with E-state index in [1.165, 1.54) is 6.07 Å². The van der Waals surface area contributed by atoms with E-state index in [-0.39, 0.29) is 27.5 Å². The van der Waals surface area contributed by atoms with Gasteiger partial charge in [-0.3, -0.25) is 0 Å². The number of carbonyl (C=O) groups excluding carboxylic acids is 1. The van der Waals surface area contributed by atoms with Crippen LogP contribution in [0.15, 0.2) is 17.0 Å². The Labute approximate surface area is 116 Å². The minimum Gasteiger partial charge on any atom is -0.465 e. The summed E-state index contributed by atoms with van der Waals surface area (Å²) in [4.78, 5) is 11.0. The third kappa shape index (κ3) is 4.04. The summed E-state index contributed by atoms with van der Waals surface area (Å²) < 4.78 is 41.7. The second-order valence-electron chi connectivity index (χ2n) is 3.29. The summed E-state index contributed by atoms with van der Waals surface area (Å²) >= 11 is 5.11. The van der Waals surface area contributed by atoms with Crippen LogP contribution in [-0.2, 0) is 10.6 Å². The molecule has 0 N–H and O–H groups in total. The number of hydrogen-bond acceptors (Lipinski definition) is 4. The van der Waals surface area contributed by atoms with Crippen LogP contribution in [0.5, 0.6) is 0 Å². The summed E-state index contributed by atoms with van der Waals surface area (Å²) in [5.41, 5.74) is -4.68. The SMILES string of the molecule is COC(=O)c1cc(CCl)c(C#N)c(SC(F)(F)F)c1. The lowest BCUT2D eigenvalue weighted by molar-refractivity contribution is -0.0328. The smallest absolute Gasteiger partial charge is 0.446 e. The number of rotatable bonds is 3. The van der Waals surface area contributed by atoms with Crippen LogP contribution < -0.4 is 0 Å². The molecule has 19 heavy (non-hydrogen) atoms. The molecule has 0 heterocycles. The van der Waals surface area contributed by atoms with Crippen LogP contribution in [0.1, 0.15) is 21.5 Å². The van der Waals surface area contributed by atoms with Crippen LogP contribution in [-0.4, -0.2) is 18.6 Å². The van der Waals surface area contributed by atoms with E-state index in [0.717, 1.165) is 13.2 Å². The predicted molar refractivity (Wildman–Crippen MR) is 64.0 cm³/mol. The van der Waals surface area contributed by atoms with Crippen molar-refractivity contribution in [1.82, 2.24) is 0 Å². The molecule has 1 aromatic carbocycles. The van der Waals surface area contributed by atoms with E-state index < -0.39 is 23.2 Å². The molecule has 0 saturated heterocycles. The van der Waals surface area contributed by atoms with Gasteiger partial charge in [-0.2, -0.15) is 18.4 Å². The number of alkyl halides is 4. The van der Waals surface area contributed by atoms with Crippen LogP contribution in [0.3, 0.4) is 0 Å². The maximum Gasteiger partial charge on any atom is 0.446 e. The molecule has 0 atom stereocenters. The van der Waals surface area contributed by atoms with Gasteiger partial charge in [0.1, 0.15) is 6.07 Å². The summed E-state index contributed by atoms with van der Waals surface area (Å²) in [7, 11) is 1.11. The van der Waals surface area contributed by atoms with E-state index in [1.54, 1.807) is 6.07 Å². The van der Waals surface area contributed by atoms with Crippen molar-refractivity contribution < 1.29 is 22.7 Å². The quantitative estimate of drug-likeness (QED) is 0.485. The molecule has 1 aromatic rings. The lowest BCUT2D eigenvalue weighted by atomic mass is 10.1. The molecule has 8 heteroatoms. The second kappa shape index (κ2) is 6.17. The van der Waals surface area contributed by atoms with Gasteiger partial charge in [-0.25, -0.2) is 4.79 Å². The van der Waals surface area contributed by atoms with Gasteiger partial charge in [0.15, 0.2) is 0 Å². The van der Waals surface area contributed by atoms with Crippen LogP contribution in [0.25, 0.3) is 0 Å². The number of ether oxygens (including phenoxy) is 1. The highest BCUT2D eigenvalue weighted by atomic mass is 35.5. The minimum absolute atomic E-state index is 0.0797. The van der Waals surface area contributed by atoms with Crippen LogP contribution in [0.4, 0.5) is 13.2 Å². The Morgan fingerprint density at radius 1 is 1.53 bits per heavy atom. The van der Waals surface area contributed by atoms with E-state index in [2.05, 4.69) is 4.74 Å². The van der Waals surface area contributed by atoms with Crippen molar-refractivity contribution in [3.63, 3.8) is 0 Å². The average molecular weight is 310 g/mol. The number of benzene rings is 1. The lowest BCUT2D eigenvalue weighted by Crippen LogP contribution is -2.06. The van der Waals surface area contributed by atoms with Gasteiger partial charge in [-0.1, -0.05) is 0 Å². The number of methoxy groups -OCH3 is 1. The molecule has 0 unspecified atom stereocenters. The van der Waals surface area contributed by atoms with Crippen LogP contribution >= 0.6 is 23.4 Å². The number of esters is 1. The fourth-order valence-electron chi connectivity index (χ4n) is 1.35. The molecule has 0 fully saturated rings. The third-order valence-electron chi connectivity index (χ3n) is 2.09. The maximum atomic E-state index is 12.4. The Balaban J connectivity index is 3.41. The predicted octanol–water partition coefficient (Wildman–Crippen LogP) is 3.70. The topological polar surface area (TPSA) is 50.1 Å². The summed E-state index contributed by atoms with van der Waals surface area (Å²) in [6.07, 6.45) is 0. The Morgan fingerprint density at radius 3 is 2.58 bits per heavy atom. The largest absolute Gasteiger partial charge is 0.465 e. The Hall–Kier alpha value is -1.39. The molecule has 0 saturated carbocycles. The number of nitrogens with zero attached hydrogens (tertiary/aromatic N) is 1. The third-order valence-corrected chi connectivity index (χ3v) is 3.15. The summed E-state index contributed by atoms with van der Waals surface area (Å²) in [6.45, 7) is 0. The molecule has 3 nitrogen and oxygen atoms in total. The molecule has 0 spiro atoms. The summed E-state index contributed by atoms with van der Waals surface area (Å²) in [6, 6.07) is 3.88.